The van der Waals surface area contributed by atoms with Crippen molar-refractivity contribution in [1.82, 2.24) is 0 Å². The molecule has 0 saturated heterocycles. The second-order valence-electron chi connectivity index (χ2n) is 3.45. The third-order valence-corrected chi connectivity index (χ3v) is 3.82. The normalized spacial score (nSPS) is 13.1. The standard InChI is InChI=1S/C11H11BrO2S/c1-6-5-7(2)15-11(6)10(13)8-3-4-9(12)14-8/h3-5,10,13H,1-2H3. The van der Waals surface area contributed by atoms with E-state index in [9.17, 15) is 5.11 Å². The summed E-state index contributed by atoms with van der Waals surface area (Å²) in [7, 11) is 0. The Labute approximate surface area is 101 Å². The van der Waals surface area contributed by atoms with Crippen LogP contribution in [0.25, 0.3) is 0 Å². The second-order valence-corrected chi connectivity index (χ2v) is 5.52. The highest BCUT2D eigenvalue weighted by molar-refractivity contribution is 9.10. The quantitative estimate of drug-likeness (QED) is 0.911. The van der Waals surface area contributed by atoms with Crippen LogP contribution in [-0.2, 0) is 0 Å². The lowest BCUT2D eigenvalue weighted by Crippen LogP contribution is -1.96. The van der Waals surface area contributed by atoms with Crippen molar-refractivity contribution < 1.29 is 9.52 Å². The summed E-state index contributed by atoms with van der Waals surface area (Å²) in [6, 6.07) is 5.64. The highest BCUT2D eigenvalue weighted by Crippen LogP contribution is 2.33. The molecule has 0 amide bonds. The van der Waals surface area contributed by atoms with E-state index < -0.39 is 6.10 Å². The summed E-state index contributed by atoms with van der Waals surface area (Å²) in [6.45, 7) is 4.03. The van der Waals surface area contributed by atoms with E-state index in [4.69, 9.17) is 4.42 Å². The summed E-state index contributed by atoms with van der Waals surface area (Å²) in [5.41, 5.74) is 1.11. The Bertz CT molecular complexity index is 473. The molecule has 0 aliphatic carbocycles. The Balaban J connectivity index is 2.35. The molecule has 0 saturated carbocycles. The van der Waals surface area contributed by atoms with E-state index in [1.165, 1.54) is 4.88 Å². The number of hydrogen-bond acceptors (Lipinski definition) is 3. The number of aryl methyl sites for hydroxylation is 2. The summed E-state index contributed by atoms with van der Waals surface area (Å²) in [6.07, 6.45) is -0.657. The minimum atomic E-state index is -0.657. The van der Waals surface area contributed by atoms with Crippen LogP contribution in [0.15, 0.2) is 27.3 Å². The zero-order valence-corrected chi connectivity index (χ0v) is 10.9. The van der Waals surface area contributed by atoms with Crippen LogP contribution in [0.4, 0.5) is 0 Å². The smallest absolute Gasteiger partial charge is 0.169 e. The molecule has 80 valence electrons. The molecule has 15 heavy (non-hydrogen) atoms. The molecule has 0 fully saturated rings. The molecule has 2 nitrogen and oxygen atoms in total. The number of aliphatic hydroxyl groups is 1. The average Bonchev–Trinajstić information content (AvgIpc) is 2.71. The number of hydrogen-bond donors (Lipinski definition) is 1. The van der Waals surface area contributed by atoms with Crippen LogP contribution in [0.5, 0.6) is 0 Å². The molecule has 2 aromatic heterocycles. The average molecular weight is 287 g/mol. The minimum absolute atomic E-state index is 0.576. The molecule has 1 atom stereocenters. The Kier molecular flexibility index (Phi) is 3.00. The third kappa shape index (κ3) is 2.17. The van der Waals surface area contributed by atoms with Gasteiger partial charge in [0.05, 0.1) is 0 Å². The van der Waals surface area contributed by atoms with Gasteiger partial charge in [-0.05, 0) is 53.5 Å². The van der Waals surface area contributed by atoms with Crippen molar-refractivity contribution in [2.45, 2.75) is 20.0 Å². The first-order chi connectivity index (χ1) is 7.08. The minimum Gasteiger partial charge on any atom is -0.451 e. The monoisotopic (exact) mass is 286 g/mol. The highest BCUT2D eigenvalue weighted by atomic mass is 79.9. The number of thiophene rings is 1. The van der Waals surface area contributed by atoms with Gasteiger partial charge in [0.25, 0.3) is 0 Å². The molecular formula is C11H11BrO2S. The van der Waals surface area contributed by atoms with Crippen LogP contribution < -0.4 is 0 Å². The molecular weight excluding hydrogens is 276 g/mol. The Morgan fingerprint density at radius 1 is 1.40 bits per heavy atom. The van der Waals surface area contributed by atoms with Crippen LogP contribution in [0.1, 0.15) is 27.2 Å². The third-order valence-electron chi connectivity index (χ3n) is 2.19. The molecule has 0 bridgehead atoms. The maximum Gasteiger partial charge on any atom is 0.169 e. The zero-order chi connectivity index (χ0) is 11.0. The van der Waals surface area contributed by atoms with Crippen molar-refractivity contribution >= 4 is 27.3 Å². The second kappa shape index (κ2) is 4.12. The van der Waals surface area contributed by atoms with Crippen LogP contribution in [0, 0.1) is 13.8 Å². The van der Waals surface area contributed by atoms with E-state index in [0.29, 0.717) is 10.4 Å². The fourth-order valence-electron chi connectivity index (χ4n) is 1.54. The van der Waals surface area contributed by atoms with Crippen LogP contribution in [-0.4, -0.2) is 5.11 Å². The van der Waals surface area contributed by atoms with Crippen LogP contribution in [0.3, 0.4) is 0 Å². The van der Waals surface area contributed by atoms with Gasteiger partial charge in [-0.2, -0.15) is 0 Å². The Morgan fingerprint density at radius 2 is 2.13 bits per heavy atom. The van der Waals surface area contributed by atoms with Gasteiger partial charge in [-0.25, -0.2) is 0 Å². The maximum atomic E-state index is 10.1. The molecule has 0 radical (unpaired) electrons. The highest BCUT2D eigenvalue weighted by Gasteiger charge is 2.18. The van der Waals surface area contributed by atoms with Gasteiger partial charge < -0.3 is 9.52 Å². The predicted molar refractivity (Wildman–Crippen MR) is 64.3 cm³/mol. The van der Waals surface area contributed by atoms with Gasteiger partial charge in [-0.3, -0.25) is 0 Å². The molecule has 2 heterocycles. The molecule has 4 heteroatoms. The summed E-state index contributed by atoms with van der Waals surface area (Å²) in [4.78, 5) is 2.15. The fourth-order valence-corrected chi connectivity index (χ4v) is 2.88. The van der Waals surface area contributed by atoms with Crippen LogP contribution >= 0.6 is 27.3 Å². The Morgan fingerprint density at radius 3 is 2.60 bits per heavy atom. The van der Waals surface area contributed by atoms with Crippen molar-refractivity contribution in [3.8, 4) is 0 Å². The molecule has 1 N–H and O–H groups in total. The van der Waals surface area contributed by atoms with E-state index >= 15 is 0 Å². The first-order valence-corrected chi connectivity index (χ1v) is 6.19. The first-order valence-electron chi connectivity index (χ1n) is 4.58. The largest absolute Gasteiger partial charge is 0.451 e. The number of halogens is 1. The van der Waals surface area contributed by atoms with E-state index in [1.807, 2.05) is 13.8 Å². The van der Waals surface area contributed by atoms with Gasteiger partial charge in [-0.15, -0.1) is 11.3 Å². The molecule has 1 unspecified atom stereocenters. The first kappa shape index (κ1) is 10.9. The molecule has 0 aromatic carbocycles. The van der Waals surface area contributed by atoms with Gasteiger partial charge in [0.2, 0.25) is 0 Å². The molecule has 0 spiro atoms. The summed E-state index contributed by atoms with van der Waals surface area (Å²) < 4.78 is 5.98. The fraction of sp³-hybridized carbons (Fsp3) is 0.273. The maximum absolute atomic E-state index is 10.1. The SMILES string of the molecule is Cc1cc(C)c(C(O)c2ccc(Br)o2)s1. The lowest BCUT2D eigenvalue weighted by atomic mass is 10.1. The van der Waals surface area contributed by atoms with Gasteiger partial charge in [0.1, 0.15) is 11.9 Å². The van der Waals surface area contributed by atoms with E-state index in [1.54, 1.807) is 23.5 Å². The van der Waals surface area contributed by atoms with Crippen molar-refractivity contribution in [3.63, 3.8) is 0 Å². The summed E-state index contributed by atoms with van der Waals surface area (Å²) in [5, 5.41) is 10.1. The van der Waals surface area contributed by atoms with Crippen molar-refractivity contribution in [2.24, 2.45) is 0 Å². The topological polar surface area (TPSA) is 33.4 Å². The predicted octanol–water partition coefficient (Wildman–Crippen LogP) is 3.80. The summed E-state index contributed by atoms with van der Waals surface area (Å²) >= 11 is 4.82. The number of aliphatic hydroxyl groups excluding tert-OH is 1. The molecule has 2 rings (SSSR count). The van der Waals surface area contributed by atoms with E-state index in [2.05, 4.69) is 22.0 Å². The van der Waals surface area contributed by atoms with Crippen molar-refractivity contribution in [3.05, 3.63) is 43.9 Å². The van der Waals surface area contributed by atoms with Gasteiger partial charge >= 0.3 is 0 Å². The van der Waals surface area contributed by atoms with Crippen molar-refractivity contribution in [2.75, 3.05) is 0 Å². The zero-order valence-electron chi connectivity index (χ0n) is 8.45. The summed E-state index contributed by atoms with van der Waals surface area (Å²) in [5.74, 6) is 0.576. The lowest BCUT2D eigenvalue weighted by Gasteiger charge is -2.06. The van der Waals surface area contributed by atoms with Gasteiger partial charge in [0, 0.05) is 9.75 Å². The van der Waals surface area contributed by atoms with Crippen molar-refractivity contribution in [1.29, 1.82) is 0 Å². The lowest BCUT2D eigenvalue weighted by molar-refractivity contribution is 0.190. The number of rotatable bonds is 2. The molecule has 0 aliphatic rings. The van der Waals surface area contributed by atoms with E-state index in [-0.39, 0.29) is 0 Å². The number of furan rings is 1. The molecule has 0 aliphatic heterocycles. The van der Waals surface area contributed by atoms with Gasteiger partial charge in [-0.1, -0.05) is 0 Å². The Hall–Kier alpha value is -0.580. The van der Waals surface area contributed by atoms with Gasteiger partial charge in [0.15, 0.2) is 4.67 Å². The van der Waals surface area contributed by atoms with Crippen LogP contribution in [0.2, 0.25) is 0 Å². The molecule has 2 aromatic rings. The van der Waals surface area contributed by atoms with E-state index in [0.717, 1.165) is 10.4 Å².